The van der Waals surface area contributed by atoms with Gasteiger partial charge in [0.15, 0.2) is 0 Å². The lowest BCUT2D eigenvalue weighted by atomic mass is 10.1. The number of phenols is 1. The summed E-state index contributed by atoms with van der Waals surface area (Å²) < 4.78 is 0. The number of benzene rings is 2. The largest absolute Gasteiger partial charge is 0.508 e. The molecule has 20 heavy (non-hydrogen) atoms. The standard InChI is InChI=1S/C16H14N2O2/c17-10-12-5-7-13(8-6-12)11-18-16(20)9-14-3-1-2-4-15(14)19/h1-8,19H,9,11H2,(H,18,20). The molecule has 0 aromatic heterocycles. The Hall–Kier alpha value is -2.80. The summed E-state index contributed by atoms with van der Waals surface area (Å²) in [6.45, 7) is 0.401. The summed E-state index contributed by atoms with van der Waals surface area (Å²) in [5, 5.41) is 21.1. The lowest BCUT2D eigenvalue weighted by Crippen LogP contribution is -2.24. The molecule has 0 saturated heterocycles. The molecule has 0 bridgehead atoms. The third-order valence-electron chi connectivity index (χ3n) is 2.92. The smallest absolute Gasteiger partial charge is 0.224 e. The Bertz CT molecular complexity index is 642. The van der Waals surface area contributed by atoms with Crippen LogP contribution in [0.2, 0.25) is 0 Å². The van der Waals surface area contributed by atoms with Gasteiger partial charge in [-0.3, -0.25) is 4.79 Å². The van der Waals surface area contributed by atoms with Crippen LogP contribution in [0.15, 0.2) is 48.5 Å². The van der Waals surface area contributed by atoms with Crippen LogP contribution in [-0.4, -0.2) is 11.0 Å². The first-order valence-electron chi connectivity index (χ1n) is 6.21. The van der Waals surface area contributed by atoms with Crippen LogP contribution in [0, 0.1) is 11.3 Å². The van der Waals surface area contributed by atoms with E-state index in [1.807, 2.05) is 6.07 Å². The second-order valence-electron chi connectivity index (χ2n) is 4.39. The highest BCUT2D eigenvalue weighted by atomic mass is 16.3. The molecule has 0 spiro atoms. The molecule has 0 unspecified atom stereocenters. The Balaban J connectivity index is 1.89. The molecule has 2 rings (SSSR count). The lowest BCUT2D eigenvalue weighted by Gasteiger charge is -2.06. The van der Waals surface area contributed by atoms with E-state index >= 15 is 0 Å². The van der Waals surface area contributed by atoms with Crippen molar-refractivity contribution in [3.05, 3.63) is 65.2 Å². The molecule has 0 saturated carbocycles. The Morgan fingerprint density at radius 1 is 1.15 bits per heavy atom. The third-order valence-corrected chi connectivity index (χ3v) is 2.92. The first kappa shape index (κ1) is 13.6. The fourth-order valence-electron chi connectivity index (χ4n) is 1.79. The number of carbonyl (C=O) groups excluding carboxylic acids is 1. The molecule has 0 aliphatic carbocycles. The number of nitrogens with zero attached hydrogens (tertiary/aromatic N) is 1. The van der Waals surface area contributed by atoms with Crippen molar-refractivity contribution in [2.45, 2.75) is 13.0 Å². The molecular formula is C16H14N2O2. The maximum Gasteiger partial charge on any atom is 0.224 e. The monoisotopic (exact) mass is 266 g/mol. The predicted molar refractivity (Wildman–Crippen MR) is 74.8 cm³/mol. The van der Waals surface area contributed by atoms with Gasteiger partial charge in [0.25, 0.3) is 0 Å². The average Bonchev–Trinajstić information content (AvgIpc) is 2.48. The van der Waals surface area contributed by atoms with Crippen molar-refractivity contribution in [1.29, 1.82) is 5.26 Å². The van der Waals surface area contributed by atoms with Crippen LogP contribution >= 0.6 is 0 Å². The zero-order chi connectivity index (χ0) is 14.4. The summed E-state index contributed by atoms with van der Waals surface area (Å²) in [6.07, 6.45) is 0.142. The molecule has 0 radical (unpaired) electrons. The Kier molecular flexibility index (Phi) is 4.35. The fraction of sp³-hybridized carbons (Fsp3) is 0.125. The summed E-state index contributed by atoms with van der Waals surface area (Å²) >= 11 is 0. The van der Waals surface area contributed by atoms with Gasteiger partial charge in [-0.2, -0.15) is 5.26 Å². The van der Waals surface area contributed by atoms with Crippen molar-refractivity contribution in [3.63, 3.8) is 0 Å². The molecule has 100 valence electrons. The van der Waals surface area contributed by atoms with Crippen LogP contribution in [0.5, 0.6) is 5.75 Å². The van der Waals surface area contributed by atoms with Crippen LogP contribution in [0.25, 0.3) is 0 Å². The molecule has 0 fully saturated rings. The topological polar surface area (TPSA) is 73.1 Å². The number of hydrogen-bond acceptors (Lipinski definition) is 3. The number of aromatic hydroxyl groups is 1. The SMILES string of the molecule is N#Cc1ccc(CNC(=O)Cc2ccccc2O)cc1. The maximum atomic E-state index is 11.8. The molecule has 0 aliphatic heterocycles. The van der Waals surface area contributed by atoms with E-state index in [-0.39, 0.29) is 18.1 Å². The normalized spacial score (nSPS) is 9.75. The van der Waals surface area contributed by atoms with Gasteiger partial charge in [-0.25, -0.2) is 0 Å². The Morgan fingerprint density at radius 2 is 1.85 bits per heavy atom. The van der Waals surface area contributed by atoms with Crippen molar-refractivity contribution in [1.82, 2.24) is 5.32 Å². The van der Waals surface area contributed by atoms with Crippen LogP contribution in [0.1, 0.15) is 16.7 Å². The first-order valence-corrected chi connectivity index (χ1v) is 6.21. The summed E-state index contributed by atoms with van der Waals surface area (Å²) in [5.74, 6) is -0.0307. The van der Waals surface area contributed by atoms with E-state index in [0.717, 1.165) is 5.56 Å². The summed E-state index contributed by atoms with van der Waals surface area (Å²) in [5.41, 5.74) is 2.12. The van der Waals surface area contributed by atoms with Crippen molar-refractivity contribution in [2.24, 2.45) is 0 Å². The molecule has 0 aliphatic rings. The van der Waals surface area contributed by atoms with Crippen LogP contribution < -0.4 is 5.32 Å². The van der Waals surface area contributed by atoms with Crippen LogP contribution in [0.3, 0.4) is 0 Å². The number of nitriles is 1. The summed E-state index contributed by atoms with van der Waals surface area (Å²) in [4.78, 5) is 11.8. The highest BCUT2D eigenvalue weighted by molar-refractivity contribution is 5.79. The van der Waals surface area contributed by atoms with Gasteiger partial charge in [0.1, 0.15) is 5.75 Å². The van der Waals surface area contributed by atoms with Gasteiger partial charge in [-0.05, 0) is 23.8 Å². The van der Waals surface area contributed by atoms with Crippen molar-refractivity contribution in [3.8, 4) is 11.8 Å². The minimum Gasteiger partial charge on any atom is -0.508 e. The van der Waals surface area contributed by atoms with E-state index < -0.39 is 0 Å². The van der Waals surface area contributed by atoms with Gasteiger partial charge in [0, 0.05) is 12.1 Å². The summed E-state index contributed by atoms with van der Waals surface area (Å²) in [7, 11) is 0. The van der Waals surface area contributed by atoms with Crippen LogP contribution in [-0.2, 0) is 17.8 Å². The van der Waals surface area contributed by atoms with E-state index in [1.165, 1.54) is 0 Å². The van der Waals surface area contributed by atoms with Gasteiger partial charge in [-0.1, -0.05) is 30.3 Å². The molecule has 0 atom stereocenters. The zero-order valence-corrected chi connectivity index (χ0v) is 10.8. The number of rotatable bonds is 4. The van der Waals surface area contributed by atoms with Crippen LogP contribution in [0.4, 0.5) is 0 Å². The van der Waals surface area contributed by atoms with Gasteiger partial charge >= 0.3 is 0 Å². The highest BCUT2D eigenvalue weighted by Crippen LogP contribution is 2.15. The summed E-state index contributed by atoms with van der Waals surface area (Å²) in [6, 6.07) is 15.9. The van der Waals surface area contributed by atoms with Gasteiger partial charge in [-0.15, -0.1) is 0 Å². The van der Waals surface area contributed by atoms with Crippen molar-refractivity contribution < 1.29 is 9.90 Å². The average molecular weight is 266 g/mol. The van der Waals surface area contributed by atoms with E-state index in [0.29, 0.717) is 17.7 Å². The first-order chi connectivity index (χ1) is 9.69. The fourth-order valence-corrected chi connectivity index (χ4v) is 1.79. The Labute approximate surface area is 117 Å². The minimum absolute atomic E-state index is 0.126. The molecule has 0 heterocycles. The number of hydrogen-bond donors (Lipinski definition) is 2. The van der Waals surface area contributed by atoms with Crippen molar-refractivity contribution in [2.75, 3.05) is 0 Å². The number of para-hydroxylation sites is 1. The molecule has 2 N–H and O–H groups in total. The second-order valence-corrected chi connectivity index (χ2v) is 4.39. The van der Waals surface area contributed by atoms with Gasteiger partial charge < -0.3 is 10.4 Å². The minimum atomic E-state index is -0.157. The molecular weight excluding hydrogens is 252 g/mol. The van der Waals surface area contributed by atoms with E-state index in [9.17, 15) is 9.90 Å². The molecule has 4 nitrogen and oxygen atoms in total. The van der Waals surface area contributed by atoms with E-state index in [2.05, 4.69) is 5.32 Å². The molecule has 2 aromatic rings. The number of nitrogens with one attached hydrogen (secondary N) is 1. The molecule has 2 aromatic carbocycles. The van der Waals surface area contributed by atoms with Crippen molar-refractivity contribution >= 4 is 5.91 Å². The maximum absolute atomic E-state index is 11.8. The number of amides is 1. The van der Waals surface area contributed by atoms with E-state index in [4.69, 9.17) is 5.26 Å². The van der Waals surface area contributed by atoms with E-state index in [1.54, 1.807) is 48.5 Å². The van der Waals surface area contributed by atoms with Gasteiger partial charge in [0.2, 0.25) is 5.91 Å². The lowest BCUT2D eigenvalue weighted by molar-refractivity contribution is -0.120. The van der Waals surface area contributed by atoms with Gasteiger partial charge in [0.05, 0.1) is 18.1 Å². The molecule has 1 amide bonds. The zero-order valence-electron chi connectivity index (χ0n) is 10.8. The second kappa shape index (κ2) is 6.39. The molecule has 4 heteroatoms. The Morgan fingerprint density at radius 3 is 2.50 bits per heavy atom. The highest BCUT2D eigenvalue weighted by Gasteiger charge is 2.06. The quantitative estimate of drug-likeness (QED) is 0.890. The number of phenolic OH excluding ortho intramolecular Hbond substituents is 1. The number of carbonyl (C=O) groups is 1. The third kappa shape index (κ3) is 3.59. The predicted octanol–water partition coefficient (Wildman–Crippen LogP) is 2.12.